The molecule has 2 aromatic rings. The van der Waals surface area contributed by atoms with E-state index in [9.17, 15) is 4.79 Å². The van der Waals surface area contributed by atoms with E-state index in [-0.39, 0.29) is 11.9 Å². The molecule has 0 spiro atoms. The van der Waals surface area contributed by atoms with E-state index >= 15 is 0 Å². The van der Waals surface area contributed by atoms with Crippen LogP contribution >= 0.6 is 0 Å². The van der Waals surface area contributed by atoms with Crippen LogP contribution in [0, 0.1) is 11.3 Å². The summed E-state index contributed by atoms with van der Waals surface area (Å²) in [5.74, 6) is 0.0182. The zero-order valence-corrected chi connectivity index (χ0v) is 11.0. The third-order valence-electron chi connectivity index (χ3n) is 3.67. The number of hydrogen-bond donors (Lipinski definition) is 0. The molecule has 0 bridgehead atoms. The number of rotatable bonds is 3. The molecule has 3 heteroatoms. The summed E-state index contributed by atoms with van der Waals surface area (Å²) >= 11 is 0. The van der Waals surface area contributed by atoms with Crippen LogP contribution in [0.15, 0.2) is 54.6 Å². The summed E-state index contributed by atoms with van der Waals surface area (Å²) in [5.41, 5.74) is 2.77. The molecule has 1 atom stereocenters. The predicted octanol–water partition coefficient (Wildman–Crippen LogP) is 3.30. The smallest absolute Gasteiger partial charge is 0.255 e. The third kappa shape index (κ3) is 2.06. The van der Waals surface area contributed by atoms with Gasteiger partial charge in [-0.2, -0.15) is 5.26 Å². The Labute approximate surface area is 118 Å². The standard InChI is InChI=1S/C17H14N2O/c18-11-10-16-14-8-4-5-9-15(14)17(20)19(16)12-13-6-2-1-3-7-13/h1-9,16H,10,12H2. The van der Waals surface area contributed by atoms with Gasteiger partial charge < -0.3 is 4.90 Å². The maximum atomic E-state index is 12.5. The van der Waals surface area contributed by atoms with Crippen molar-refractivity contribution >= 4 is 5.91 Å². The summed E-state index contributed by atoms with van der Waals surface area (Å²) in [4.78, 5) is 14.3. The summed E-state index contributed by atoms with van der Waals surface area (Å²) < 4.78 is 0. The molecule has 3 nitrogen and oxygen atoms in total. The number of carbonyl (C=O) groups excluding carboxylic acids is 1. The number of hydrogen-bond acceptors (Lipinski definition) is 2. The monoisotopic (exact) mass is 262 g/mol. The summed E-state index contributed by atoms with van der Waals surface area (Å²) in [6, 6.07) is 19.5. The topological polar surface area (TPSA) is 44.1 Å². The van der Waals surface area contributed by atoms with E-state index in [2.05, 4.69) is 6.07 Å². The van der Waals surface area contributed by atoms with E-state index in [1.54, 1.807) is 4.90 Å². The first-order valence-electron chi connectivity index (χ1n) is 6.62. The Morgan fingerprint density at radius 3 is 2.50 bits per heavy atom. The molecule has 1 aliphatic rings. The average Bonchev–Trinajstić information content (AvgIpc) is 2.75. The highest BCUT2D eigenvalue weighted by atomic mass is 16.2. The highest BCUT2D eigenvalue weighted by Gasteiger charge is 2.35. The van der Waals surface area contributed by atoms with Crippen LogP contribution in [0.3, 0.4) is 0 Å². The van der Waals surface area contributed by atoms with Gasteiger partial charge >= 0.3 is 0 Å². The molecular formula is C17H14N2O. The molecule has 1 aliphatic heterocycles. The molecule has 3 rings (SSSR count). The SMILES string of the molecule is N#CCC1c2ccccc2C(=O)N1Cc1ccccc1. The minimum Gasteiger partial charge on any atom is -0.326 e. The van der Waals surface area contributed by atoms with Crippen molar-refractivity contribution in [1.82, 2.24) is 4.90 Å². The lowest BCUT2D eigenvalue weighted by Crippen LogP contribution is -2.27. The molecule has 98 valence electrons. The van der Waals surface area contributed by atoms with Crippen LogP contribution < -0.4 is 0 Å². The normalized spacial score (nSPS) is 16.9. The van der Waals surface area contributed by atoms with E-state index in [1.807, 2.05) is 54.6 Å². The molecule has 20 heavy (non-hydrogen) atoms. The lowest BCUT2D eigenvalue weighted by atomic mass is 10.0. The van der Waals surface area contributed by atoms with Gasteiger partial charge in [-0.3, -0.25) is 4.79 Å². The first kappa shape index (κ1) is 12.4. The van der Waals surface area contributed by atoms with Gasteiger partial charge in [-0.25, -0.2) is 0 Å². The zero-order chi connectivity index (χ0) is 13.9. The van der Waals surface area contributed by atoms with Crippen LogP contribution in [0.2, 0.25) is 0 Å². The molecule has 1 heterocycles. The quantitative estimate of drug-likeness (QED) is 0.851. The first-order valence-corrected chi connectivity index (χ1v) is 6.62. The van der Waals surface area contributed by atoms with Gasteiger partial charge in [0.2, 0.25) is 0 Å². The third-order valence-corrected chi connectivity index (χ3v) is 3.67. The van der Waals surface area contributed by atoms with Gasteiger partial charge in [0.15, 0.2) is 0 Å². The zero-order valence-electron chi connectivity index (χ0n) is 11.0. The maximum Gasteiger partial charge on any atom is 0.255 e. The van der Waals surface area contributed by atoms with Crippen molar-refractivity contribution in [3.8, 4) is 6.07 Å². The van der Waals surface area contributed by atoms with Gasteiger partial charge in [-0.1, -0.05) is 48.5 Å². The average molecular weight is 262 g/mol. The van der Waals surface area contributed by atoms with E-state index in [4.69, 9.17) is 5.26 Å². The highest BCUT2D eigenvalue weighted by molar-refractivity contribution is 5.99. The maximum absolute atomic E-state index is 12.5. The molecule has 1 amide bonds. The number of nitriles is 1. The summed E-state index contributed by atoms with van der Waals surface area (Å²) in [6.07, 6.45) is 0.329. The Hall–Kier alpha value is -2.60. The molecule has 1 unspecified atom stereocenters. The number of amides is 1. The van der Waals surface area contributed by atoms with E-state index < -0.39 is 0 Å². The van der Waals surface area contributed by atoms with Crippen LogP contribution in [-0.4, -0.2) is 10.8 Å². The largest absolute Gasteiger partial charge is 0.326 e. The Balaban J connectivity index is 1.95. The highest BCUT2D eigenvalue weighted by Crippen LogP contribution is 2.36. The van der Waals surface area contributed by atoms with Gasteiger partial charge in [0.25, 0.3) is 5.91 Å². The fourth-order valence-corrected chi connectivity index (χ4v) is 2.72. The minimum atomic E-state index is -0.135. The number of benzene rings is 2. The van der Waals surface area contributed by atoms with E-state index in [0.717, 1.165) is 16.7 Å². The van der Waals surface area contributed by atoms with Crippen LogP contribution in [-0.2, 0) is 6.54 Å². The fraction of sp³-hybridized carbons (Fsp3) is 0.176. The predicted molar refractivity (Wildman–Crippen MR) is 75.7 cm³/mol. The van der Waals surface area contributed by atoms with Crippen molar-refractivity contribution in [3.63, 3.8) is 0 Å². The van der Waals surface area contributed by atoms with Crippen molar-refractivity contribution in [2.75, 3.05) is 0 Å². The van der Waals surface area contributed by atoms with Gasteiger partial charge in [0.05, 0.1) is 18.5 Å². The van der Waals surface area contributed by atoms with Gasteiger partial charge in [-0.15, -0.1) is 0 Å². The summed E-state index contributed by atoms with van der Waals surface area (Å²) in [5, 5.41) is 9.03. The van der Waals surface area contributed by atoms with Crippen molar-refractivity contribution in [2.24, 2.45) is 0 Å². The second-order valence-corrected chi connectivity index (χ2v) is 4.88. The molecule has 0 aromatic heterocycles. The fourth-order valence-electron chi connectivity index (χ4n) is 2.72. The lowest BCUT2D eigenvalue weighted by Gasteiger charge is -2.23. The van der Waals surface area contributed by atoms with Crippen molar-refractivity contribution in [3.05, 3.63) is 71.3 Å². The second kappa shape index (κ2) is 5.18. The molecule has 0 radical (unpaired) electrons. The second-order valence-electron chi connectivity index (χ2n) is 4.88. The molecule has 0 saturated heterocycles. The Kier molecular flexibility index (Phi) is 3.22. The summed E-state index contributed by atoms with van der Waals surface area (Å²) in [7, 11) is 0. The van der Waals surface area contributed by atoms with Crippen molar-refractivity contribution < 1.29 is 4.79 Å². The van der Waals surface area contributed by atoms with E-state index in [0.29, 0.717) is 13.0 Å². The Morgan fingerprint density at radius 1 is 1.05 bits per heavy atom. The first-order chi connectivity index (χ1) is 9.81. The molecule has 0 fully saturated rings. The summed E-state index contributed by atoms with van der Waals surface area (Å²) in [6.45, 7) is 0.542. The number of carbonyl (C=O) groups is 1. The van der Waals surface area contributed by atoms with Crippen molar-refractivity contribution in [2.45, 2.75) is 19.0 Å². The van der Waals surface area contributed by atoms with Gasteiger partial charge in [0, 0.05) is 12.1 Å². The van der Waals surface area contributed by atoms with Gasteiger partial charge in [0.1, 0.15) is 0 Å². The Morgan fingerprint density at radius 2 is 1.75 bits per heavy atom. The van der Waals surface area contributed by atoms with Gasteiger partial charge in [-0.05, 0) is 17.2 Å². The van der Waals surface area contributed by atoms with Crippen molar-refractivity contribution in [1.29, 1.82) is 5.26 Å². The number of fused-ring (bicyclic) bond motifs is 1. The van der Waals surface area contributed by atoms with Crippen LogP contribution in [0.5, 0.6) is 0 Å². The van der Waals surface area contributed by atoms with Crippen LogP contribution in [0.25, 0.3) is 0 Å². The molecular weight excluding hydrogens is 248 g/mol. The lowest BCUT2D eigenvalue weighted by molar-refractivity contribution is 0.0712. The Bertz CT molecular complexity index is 673. The molecule has 0 aliphatic carbocycles. The minimum absolute atomic E-state index is 0.0182. The molecule has 0 saturated carbocycles. The van der Waals surface area contributed by atoms with Crippen LogP contribution in [0.1, 0.15) is 33.9 Å². The molecule has 0 N–H and O–H groups in total. The van der Waals surface area contributed by atoms with E-state index in [1.165, 1.54) is 0 Å². The number of nitrogens with zero attached hydrogens (tertiary/aromatic N) is 2. The van der Waals surface area contributed by atoms with Crippen LogP contribution in [0.4, 0.5) is 0 Å². The molecule has 2 aromatic carbocycles.